The lowest BCUT2D eigenvalue weighted by Gasteiger charge is -2.17. The smallest absolute Gasteiger partial charge is 0.180 e. The van der Waals surface area contributed by atoms with Crippen LogP contribution in [0.3, 0.4) is 0 Å². The van der Waals surface area contributed by atoms with E-state index in [1.807, 2.05) is 18.2 Å². The largest absolute Gasteiger partial charge is 0.375 e. The fraction of sp³-hybridized carbons (Fsp3) is 0.312. The Morgan fingerprint density at radius 2 is 2.10 bits per heavy atom. The van der Waals surface area contributed by atoms with Crippen molar-refractivity contribution >= 4 is 22.5 Å². The predicted molar refractivity (Wildman–Crippen MR) is 85.8 cm³/mol. The van der Waals surface area contributed by atoms with E-state index in [1.54, 1.807) is 23.5 Å². The Balaban J connectivity index is 1.58. The molecule has 0 spiro atoms. The van der Waals surface area contributed by atoms with E-state index in [0.717, 1.165) is 38.2 Å². The molecule has 1 aromatic carbocycles. The van der Waals surface area contributed by atoms with Gasteiger partial charge in [-0.05, 0) is 12.5 Å². The van der Waals surface area contributed by atoms with E-state index in [0.29, 0.717) is 10.7 Å². The molecule has 3 rings (SSSR count). The van der Waals surface area contributed by atoms with Crippen molar-refractivity contribution in [3.05, 3.63) is 52.3 Å². The predicted octanol–water partition coefficient (Wildman–Crippen LogP) is 2.98. The molecule has 0 amide bonds. The van der Waals surface area contributed by atoms with Gasteiger partial charge in [0.05, 0.1) is 5.69 Å². The quantitative estimate of drug-likeness (QED) is 0.948. The van der Waals surface area contributed by atoms with Gasteiger partial charge < -0.3 is 5.73 Å². The summed E-state index contributed by atoms with van der Waals surface area (Å²) in [4.78, 5) is 8.06. The molecule has 3 nitrogen and oxygen atoms in total. The molecule has 0 bridgehead atoms. The summed E-state index contributed by atoms with van der Waals surface area (Å²) >= 11 is 1.60. The molecule has 2 aromatic rings. The molecule has 1 aliphatic heterocycles. The van der Waals surface area contributed by atoms with Gasteiger partial charge in [0.25, 0.3) is 0 Å². The summed E-state index contributed by atoms with van der Waals surface area (Å²) in [6.07, 6.45) is 5.82. The number of benzene rings is 1. The first-order valence-corrected chi connectivity index (χ1v) is 7.91. The molecule has 110 valence electrons. The molecule has 0 aliphatic carbocycles. The molecule has 1 aromatic heterocycles. The molecule has 2 heterocycles. The second kappa shape index (κ2) is 6.37. The summed E-state index contributed by atoms with van der Waals surface area (Å²) in [5, 5.41) is 0.674. The van der Waals surface area contributed by atoms with E-state index < -0.39 is 0 Å². The number of nitrogen functional groups attached to an aromatic ring is 1. The van der Waals surface area contributed by atoms with Gasteiger partial charge in [-0.2, -0.15) is 0 Å². The molecule has 5 heteroatoms. The molecule has 0 saturated carbocycles. The van der Waals surface area contributed by atoms with E-state index in [2.05, 4.69) is 9.88 Å². The Labute approximate surface area is 127 Å². The van der Waals surface area contributed by atoms with Gasteiger partial charge in [-0.1, -0.05) is 30.4 Å². The number of nitrogens with zero attached hydrogens (tertiary/aromatic N) is 2. The van der Waals surface area contributed by atoms with Crippen LogP contribution in [-0.2, 0) is 12.8 Å². The van der Waals surface area contributed by atoms with E-state index in [-0.39, 0.29) is 5.82 Å². The molecule has 0 radical (unpaired) electrons. The maximum absolute atomic E-state index is 13.5. The van der Waals surface area contributed by atoms with Crippen LogP contribution in [0, 0.1) is 5.82 Å². The zero-order chi connectivity index (χ0) is 14.7. The van der Waals surface area contributed by atoms with Crippen molar-refractivity contribution in [2.75, 3.05) is 25.4 Å². The van der Waals surface area contributed by atoms with Crippen LogP contribution >= 0.6 is 11.3 Å². The van der Waals surface area contributed by atoms with Gasteiger partial charge >= 0.3 is 0 Å². The molecule has 0 atom stereocenters. The summed E-state index contributed by atoms with van der Waals surface area (Å²) in [5.74, 6) is -0.175. The average molecular weight is 303 g/mol. The first-order chi connectivity index (χ1) is 10.2. The number of aromatic nitrogens is 1. The minimum Gasteiger partial charge on any atom is -0.375 e. The van der Waals surface area contributed by atoms with Gasteiger partial charge in [-0.3, -0.25) is 4.90 Å². The Morgan fingerprint density at radius 3 is 2.95 bits per heavy atom. The third-order valence-corrected chi connectivity index (χ3v) is 4.67. The standard InChI is InChI=1S/C16H18FN3S/c17-13-6-2-1-4-12(13)5-3-9-20-10-7-14-15(8-11-20)21-16(18)19-14/h1-6H,7-11H2,(H2,18,19)/b5-3+. The van der Waals surface area contributed by atoms with Crippen molar-refractivity contribution in [1.82, 2.24) is 9.88 Å². The minimum absolute atomic E-state index is 0.175. The number of thiazole rings is 1. The van der Waals surface area contributed by atoms with E-state index >= 15 is 0 Å². The molecular formula is C16H18FN3S. The number of fused-ring (bicyclic) bond motifs is 1. The van der Waals surface area contributed by atoms with Gasteiger partial charge in [-0.15, -0.1) is 11.3 Å². The lowest BCUT2D eigenvalue weighted by Crippen LogP contribution is -2.26. The topological polar surface area (TPSA) is 42.1 Å². The monoisotopic (exact) mass is 303 g/mol. The number of rotatable bonds is 3. The Morgan fingerprint density at radius 1 is 1.29 bits per heavy atom. The maximum atomic E-state index is 13.5. The van der Waals surface area contributed by atoms with E-state index in [9.17, 15) is 4.39 Å². The lowest BCUT2D eigenvalue weighted by atomic mass is 10.2. The highest BCUT2D eigenvalue weighted by atomic mass is 32.1. The second-order valence-electron chi connectivity index (χ2n) is 5.15. The van der Waals surface area contributed by atoms with Crippen molar-refractivity contribution in [3.8, 4) is 0 Å². The number of hydrogen-bond donors (Lipinski definition) is 1. The Bertz CT molecular complexity index is 625. The number of anilines is 1. The van der Waals surface area contributed by atoms with Gasteiger partial charge in [-0.25, -0.2) is 9.37 Å². The summed E-state index contributed by atoms with van der Waals surface area (Å²) in [6.45, 7) is 2.80. The molecule has 0 saturated heterocycles. The van der Waals surface area contributed by atoms with E-state index in [4.69, 9.17) is 5.73 Å². The van der Waals surface area contributed by atoms with Crippen LogP contribution in [0.4, 0.5) is 9.52 Å². The molecule has 2 N–H and O–H groups in total. The van der Waals surface area contributed by atoms with Gasteiger partial charge in [0.15, 0.2) is 5.13 Å². The normalized spacial score (nSPS) is 16.0. The third-order valence-electron chi connectivity index (χ3n) is 3.68. The molecule has 21 heavy (non-hydrogen) atoms. The molecule has 1 aliphatic rings. The zero-order valence-corrected chi connectivity index (χ0v) is 12.6. The summed E-state index contributed by atoms with van der Waals surface area (Å²) in [5.41, 5.74) is 7.54. The highest BCUT2D eigenvalue weighted by Crippen LogP contribution is 2.24. The van der Waals surface area contributed by atoms with E-state index in [1.165, 1.54) is 10.9 Å². The average Bonchev–Trinajstić information content (AvgIpc) is 2.73. The van der Waals surface area contributed by atoms with Crippen LogP contribution < -0.4 is 5.73 Å². The second-order valence-corrected chi connectivity index (χ2v) is 6.26. The summed E-state index contributed by atoms with van der Waals surface area (Å²) < 4.78 is 13.5. The molecule has 0 fully saturated rings. The molecular weight excluding hydrogens is 285 g/mol. The van der Waals surface area contributed by atoms with Crippen molar-refractivity contribution in [2.24, 2.45) is 0 Å². The number of nitrogens with two attached hydrogens (primary N) is 1. The zero-order valence-electron chi connectivity index (χ0n) is 11.8. The highest BCUT2D eigenvalue weighted by molar-refractivity contribution is 7.15. The van der Waals surface area contributed by atoms with Gasteiger partial charge in [0.2, 0.25) is 0 Å². The van der Waals surface area contributed by atoms with Crippen molar-refractivity contribution in [1.29, 1.82) is 0 Å². The van der Waals surface area contributed by atoms with Crippen LogP contribution in [0.5, 0.6) is 0 Å². The SMILES string of the molecule is Nc1nc2c(s1)CCN(C/C=C/c1ccccc1F)CC2. The van der Waals surface area contributed by atoms with Crippen LogP contribution in [0.2, 0.25) is 0 Å². The molecule has 0 unspecified atom stereocenters. The lowest BCUT2D eigenvalue weighted by molar-refractivity contribution is 0.318. The minimum atomic E-state index is -0.175. The van der Waals surface area contributed by atoms with Crippen LogP contribution in [0.15, 0.2) is 30.3 Å². The van der Waals surface area contributed by atoms with Gasteiger partial charge in [0.1, 0.15) is 5.82 Å². The van der Waals surface area contributed by atoms with Crippen molar-refractivity contribution < 1.29 is 4.39 Å². The number of halogens is 1. The van der Waals surface area contributed by atoms with Crippen molar-refractivity contribution in [3.63, 3.8) is 0 Å². The number of hydrogen-bond acceptors (Lipinski definition) is 4. The fourth-order valence-electron chi connectivity index (χ4n) is 2.55. The van der Waals surface area contributed by atoms with Crippen LogP contribution in [-0.4, -0.2) is 29.5 Å². The maximum Gasteiger partial charge on any atom is 0.180 e. The first-order valence-electron chi connectivity index (χ1n) is 7.10. The van der Waals surface area contributed by atoms with Crippen LogP contribution in [0.25, 0.3) is 6.08 Å². The third kappa shape index (κ3) is 3.49. The summed E-state index contributed by atoms with van der Waals surface area (Å²) in [6, 6.07) is 6.83. The Kier molecular flexibility index (Phi) is 4.31. The summed E-state index contributed by atoms with van der Waals surface area (Å²) in [7, 11) is 0. The highest BCUT2D eigenvalue weighted by Gasteiger charge is 2.16. The van der Waals surface area contributed by atoms with Crippen molar-refractivity contribution in [2.45, 2.75) is 12.8 Å². The Hall–Kier alpha value is -1.72. The first kappa shape index (κ1) is 14.2. The van der Waals surface area contributed by atoms with Crippen LogP contribution in [0.1, 0.15) is 16.1 Å². The van der Waals surface area contributed by atoms with Gasteiger partial charge in [0, 0.05) is 36.5 Å². The fourth-order valence-corrected chi connectivity index (χ4v) is 3.42.